The van der Waals surface area contributed by atoms with Gasteiger partial charge in [-0.15, -0.1) is 0 Å². The lowest BCUT2D eigenvalue weighted by Gasteiger charge is -2.14. The molecule has 0 fully saturated rings. The van der Waals surface area contributed by atoms with Gasteiger partial charge in [0.15, 0.2) is 5.82 Å². The van der Waals surface area contributed by atoms with E-state index in [1.54, 1.807) is 0 Å². The number of nitrogens with zero attached hydrogens (tertiary/aromatic N) is 1. The summed E-state index contributed by atoms with van der Waals surface area (Å²) in [5.74, 6) is 1.09. The Morgan fingerprint density at radius 2 is 2.16 bits per heavy atom. The van der Waals surface area contributed by atoms with E-state index in [1.165, 1.54) is 0 Å². The van der Waals surface area contributed by atoms with Crippen LogP contribution in [-0.4, -0.2) is 22.6 Å². The first-order valence-electron chi connectivity index (χ1n) is 6.88. The van der Waals surface area contributed by atoms with Gasteiger partial charge in [-0.1, -0.05) is 27.7 Å². The highest BCUT2D eigenvalue weighted by atomic mass is 16.1. The smallest absolute Gasteiger partial charge is 0.225 e. The first-order valence-corrected chi connectivity index (χ1v) is 6.88. The molecule has 1 amide bonds. The molecular formula is C14H26N4O. The van der Waals surface area contributed by atoms with Crippen LogP contribution in [0.15, 0.2) is 6.07 Å². The Hall–Kier alpha value is -1.36. The minimum Gasteiger partial charge on any atom is -0.330 e. The minimum atomic E-state index is 0.00557. The van der Waals surface area contributed by atoms with Crippen LogP contribution in [-0.2, 0) is 10.2 Å². The van der Waals surface area contributed by atoms with Crippen LogP contribution in [0.4, 0.5) is 5.82 Å². The Kier molecular flexibility index (Phi) is 5.54. The van der Waals surface area contributed by atoms with Crippen molar-refractivity contribution in [2.24, 2.45) is 11.7 Å². The van der Waals surface area contributed by atoms with E-state index < -0.39 is 0 Å². The zero-order valence-corrected chi connectivity index (χ0v) is 12.4. The number of carbonyl (C=O) groups is 1. The molecule has 4 N–H and O–H groups in total. The highest BCUT2D eigenvalue weighted by molar-refractivity contribution is 5.89. The third kappa shape index (κ3) is 5.42. The van der Waals surface area contributed by atoms with Gasteiger partial charge in [-0.05, 0) is 25.3 Å². The van der Waals surface area contributed by atoms with Crippen LogP contribution in [0.5, 0.6) is 0 Å². The second-order valence-corrected chi connectivity index (χ2v) is 6.19. The normalized spacial score (nSPS) is 13.3. The molecule has 1 aromatic heterocycles. The second kappa shape index (κ2) is 6.70. The maximum atomic E-state index is 11.8. The lowest BCUT2D eigenvalue weighted by atomic mass is 9.92. The van der Waals surface area contributed by atoms with Crippen molar-refractivity contribution < 1.29 is 4.79 Å². The zero-order chi connectivity index (χ0) is 14.5. The van der Waals surface area contributed by atoms with Gasteiger partial charge in [-0.3, -0.25) is 9.89 Å². The zero-order valence-electron chi connectivity index (χ0n) is 12.4. The predicted molar refractivity (Wildman–Crippen MR) is 78.0 cm³/mol. The van der Waals surface area contributed by atoms with E-state index in [1.807, 2.05) is 6.07 Å². The summed E-state index contributed by atoms with van der Waals surface area (Å²) in [5.41, 5.74) is 6.51. The van der Waals surface area contributed by atoms with Crippen LogP contribution in [0.2, 0.25) is 0 Å². The monoisotopic (exact) mass is 266 g/mol. The highest BCUT2D eigenvalue weighted by Crippen LogP contribution is 2.22. The predicted octanol–water partition coefficient (Wildman–Crippen LogP) is 2.41. The largest absolute Gasteiger partial charge is 0.330 e. The van der Waals surface area contributed by atoms with Crippen LogP contribution in [0, 0.1) is 5.92 Å². The van der Waals surface area contributed by atoms with Gasteiger partial charge in [-0.25, -0.2) is 0 Å². The molecule has 1 aromatic rings. The molecule has 1 unspecified atom stereocenters. The van der Waals surface area contributed by atoms with Gasteiger partial charge in [0, 0.05) is 23.6 Å². The van der Waals surface area contributed by atoms with Crippen LogP contribution in [0.1, 0.15) is 52.7 Å². The Morgan fingerprint density at radius 3 is 2.68 bits per heavy atom. The van der Waals surface area contributed by atoms with Crippen molar-refractivity contribution in [1.29, 1.82) is 0 Å². The van der Waals surface area contributed by atoms with E-state index in [9.17, 15) is 4.79 Å². The molecule has 0 spiro atoms. The van der Waals surface area contributed by atoms with E-state index in [-0.39, 0.29) is 11.3 Å². The van der Waals surface area contributed by atoms with E-state index in [4.69, 9.17) is 5.73 Å². The fourth-order valence-corrected chi connectivity index (χ4v) is 1.78. The number of aromatic nitrogens is 2. The number of hydrogen-bond donors (Lipinski definition) is 3. The fraction of sp³-hybridized carbons (Fsp3) is 0.714. The summed E-state index contributed by atoms with van der Waals surface area (Å²) in [6, 6.07) is 1.89. The first kappa shape index (κ1) is 15.7. The Bertz CT molecular complexity index is 406. The van der Waals surface area contributed by atoms with Crippen molar-refractivity contribution in [1.82, 2.24) is 10.2 Å². The van der Waals surface area contributed by atoms with Crippen LogP contribution < -0.4 is 11.1 Å². The minimum absolute atomic E-state index is 0.00557. The third-order valence-corrected chi connectivity index (χ3v) is 3.18. The van der Waals surface area contributed by atoms with Gasteiger partial charge >= 0.3 is 0 Å². The number of H-pyrrole nitrogens is 1. The second-order valence-electron chi connectivity index (χ2n) is 6.19. The molecule has 0 aliphatic rings. The number of anilines is 1. The van der Waals surface area contributed by atoms with Crippen molar-refractivity contribution in [2.45, 2.75) is 52.4 Å². The number of hydrogen-bond acceptors (Lipinski definition) is 3. The molecule has 0 saturated heterocycles. The molecule has 0 aliphatic carbocycles. The molecule has 5 heteroatoms. The third-order valence-electron chi connectivity index (χ3n) is 3.18. The summed E-state index contributed by atoms with van der Waals surface area (Å²) in [7, 11) is 0. The lowest BCUT2D eigenvalue weighted by molar-refractivity contribution is -0.116. The van der Waals surface area contributed by atoms with E-state index in [0.717, 1.165) is 18.5 Å². The molecule has 19 heavy (non-hydrogen) atoms. The van der Waals surface area contributed by atoms with Crippen molar-refractivity contribution in [3.8, 4) is 0 Å². The summed E-state index contributed by atoms with van der Waals surface area (Å²) in [4.78, 5) is 11.8. The Morgan fingerprint density at radius 1 is 1.47 bits per heavy atom. The van der Waals surface area contributed by atoms with E-state index >= 15 is 0 Å². The van der Waals surface area contributed by atoms with Crippen molar-refractivity contribution in [3.05, 3.63) is 11.8 Å². The fourth-order valence-electron chi connectivity index (χ4n) is 1.78. The van der Waals surface area contributed by atoms with E-state index in [0.29, 0.717) is 24.7 Å². The number of nitrogens with two attached hydrogens (primary N) is 1. The molecular weight excluding hydrogens is 240 g/mol. The number of aromatic amines is 1. The molecule has 108 valence electrons. The van der Waals surface area contributed by atoms with Gasteiger partial charge in [0.2, 0.25) is 5.91 Å². The molecule has 0 saturated carbocycles. The lowest BCUT2D eigenvalue weighted by Crippen LogP contribution is -2.14. The summed E-state index contributed by atoms with van der Waals surface area (Å²) in [5, 5.41) is 9.88. The molecule has 5 nitrogen and oxygen atoms in total. The highest BCUT2D eigenvalue weighted by Gasteiger charge is 2.17. The van der Waals surface area contributed by atoms with Crippen LogP contribution >= 0.6 is 0 Å². The standard InChI is InChI=1S/C14H26N4O/c1-10(7-8-15)5-6-13(19)16-12-9-11(17-18-12)14(2,3)4/h9-10H,5-8,15H2,1-4H3,(H2,16,17,18,19). The SMILES string of the molecule is CC(CCN)CCC(=O)Nc1cc(C(C)(C)C)[nH]n1. The summed E-state index contributed by atoms with van der Waals surface area (Å²) in [6.07, 6.45) is 2.34. The van der Waals surface area contributed by atoms with Crippen molar-refractivity contribution in [3.63, 3.8) is 0 Å². The van der Waals surface area contributed by atoms with Gasteiger partial charge in [0.25, 0.3) is 0 Å². The quantitative estimate of drug-likeness (QED) is 0.739. The van der Waals surface area contributed by atoms with Crippen LogP contribution in [0.3, 0.4) is 0 Å². The van der Waals surface area contributed by atoms with Gasteiger partial charge in [0.05, 0.1) is 0 Å². The maximum absolute atomic E-state index is 11.8. The average molecular weight is 266 g/mol. The van der Waals surface area contributed by atoms with Gasteiger partial charge < -0.3 is 11.1 Å². The number of carbonyl (C=O) groups excluding carboxylic acids is 1. The Balaban J connectivity index is 2.42. The molecule has 0 aliphatic heterocycles. The first-order chi connectivity index (χ1) is 8.82. The molecule has 1 heterocycles. The molecule has 0 radical (unpaired) electrons. The Labute approximate surface area is 115 Å². The molecule has 0 aromatic carbocycles. The summed E-state index contributed by atoms with van der Waals surface area (Å²) >= 11 is 0. The maximum Gasteiger partial charge on any atom is 0.225 e. The average Bonchev–Trinajstić information content (AvgIpc) is 2.75. The number of amides is 1. The molecule has 0 bridgehead atoms. The van der Waals surface area contributed by atoms with Gasteiger partial charge in [0.1, 0.15) is 0 Å². The molecule has 1 rings (SSSR count). The number of nitrogens with one attached hydrogen (secondary N) is 2. The summed E-state index contributed by atoms with van der Waals surface area (Å²) in [6.45, 7) is 9.09. The summed E-state index contributed by atoms with van der Waals surface area (Å²) < 4.78 is 0. The van der Waals surface area contributed by atoms with Crippen LogP contribution in [0.25, 0.3) is 0 Å². The molecule has 1 atom stereocenters. The van der Waals surface area contributed by atoms with E-state index in [2.05, 4.69) is 43.2 Å². The van der Waals surface area contributed by atoms with Crippen molar-refractivity contribution in [2.75, 3.05) is 11.9 Å². The topological polar surface area (TPSA) is 83.8 Å². The van der Waals surface area contributed by atoms with Gasteiger partial charge in [-0.2, -0.15) is 5.10 Å². The number of rotatable bonds is 6. The van der Waals surface area contributed by atoms with Crippen molar-refractivity contribution >= 4 is 11.7 Å².